The van der Waals surface area contributed by atoms with Gasteiger partial charge < -0.3 is 5.32 Å². The number of Topliss-reactive ketones (excluding diaryl/α,β-unsaturated/α-hetero) is 2. The lowest BCUT2D eigenvalue weighted by Gasteiger charge is -2.29. The van der Waals surface area contributed by atoms with Crippen molar-refractivity contribution < 1.29 is 9.59 Å². The highest BCUT2D eigenvalue weighted by atomic mass is 16.2. The molecule has 232 valence electrons. The third-order valence-corrected chi connectivity index (χ3v) is 8.92. The van der Waals surface area contributed by atoms with E-state index in [1.54, 1.807) is 7.05 Å². The van der Waals surface area contributed by atoms with E-state index in [0.717, 1.165) is 25.7 Å². The summed E-state index contributed by atoms with van der Waals surface area (Å²) < 4.78 is 0. The van der Waals surface area contributed by atoms with Gasteiger partial charge in [-0.2, -0.15) is 0 Å². The topological polar surface area (TPSA) is 46.2 Å². The molecule has 39 heavy (non-hydrogen) atoms. The van der Waals surface area contributed by atoms with Gasteiger partial charge in [0.05, 0.1) is 0 Å². The van der Waals surface area contributed by atoms with Gasteiger partial charge in [0, 0.05) is 12.8 Å². The van der Waals surface area contributed by atoms with Crippen LogP contribution in [0.2, 0.25) is 0 Å². The number of hydrogen-bond donors (Lipinski definition) is 1. The predicted octanol–water partition coefficient (Wildman–Crippen LogP) is 11.5. The lowest BCUT2D eigenvalue weighted by molar-refractivity contribution is -0.136. The SMILES string of the molecule is CCCCCCCCCCCCCCCC(=O)C(CC)(NC)C(=O)CCCCCCCCCCCCCCC. The molecule has 0 aliphatic heterocycles. The average molecular weight is 550 g/mol. The summed E-state index contributed by atoms with van der Waals surface area (Å²) in [5.41, 5.74) is -0.950. The van der Waals surface area contributed by atoms with Gasteiger partial charge in [-0.3, -0.25) is 9.59 Å². The Hall–Kier alpha value is -0.700. The first-order chi connectivity index (χ1) is 19.1. The van der Waals surface area contributed by atoms with E-state index in [4.69, 9.17) is 0 Å². The van der Waals surface area contributed by atoms with Crippen LogP contribution in [0.3, 0.4) is 0 Å². The van der Waals surface area contributed by atoms with E-state index >= 15 is 0 Å². The molecule has 0 aromatic rings. The van der Waals surface area contributed by atoms with Crippen molar-refractivity contribution in [2.45, 2.75) is 213 Å². The summed E-state index contributed by atoms with van der Waals surface area (Å²) in [6, 6.07) is 0. The minimum Gasteiger partial charge on any atom is -0.302 e. The first kappa shape index (κ1) is 38.3. The standard InChI is InChI=1S/C36H71NO2/c1-5-8-10-12-14-16-18-20-22-24-26-28-30-32-34(38)36(7-3,37-4)35(39)33-31-29-27-25-23-21-19-17-15-13-11-9-6-2/h37H,5-33H2,1-4H3. The Morgan fingerprint density at radius 1 is 0.410 bits per heavy atom. The molecule has 0 aromatic heterocycles. The molecule has 0 heterocycles. The van der Waals surface area contributed by atoms with Crippen LogP contribution in [0.4, 0.5) is 0 Å². The molecule has 0 unspecified atom stereocenters. The fourth-order valence-electron chi connectivity index (χ4n) is 6.04. The molecule has 3 nitrogen and oxygen atoms in total. The second-order valence-corrected chi connectivity index (χ2v) is 12.3. The molecule has 0 saturated carbocycles. The molecule has 0 fully saturated rings. The van der Waals surface area contributed by atoms with E-state index in [1.807, 2.05) is 6.92 Å². The fraction of sp³-hybridized carbons (Fsp3) is 0.944. The minimum atomic E-state index is -0.950. The summed E-state index contributed by atoms with van der Waals surface area (Å²) in [5.74, 6) is 0.241. The summed E-state index contributed by atoms with van der Waals surface area (Å²) >= 11 is 0. The highest BCUT2D eigenvalue weighted by molar-refractivity contribution is 6.11. The Balaban J connectivity index is 3.87. The third-order valence-electron chi connectivity index (χ3n) is 8.92. The number of unbranched alkanes of at least 4 members (excludes halogenated alkanes) is 24. The quantitative estimate of drug-likeness (QED) is 0.0670. The number of nitrogens with one attached hydrogen (secondary N) is 1. The van der Waals surface area contributed by atoms with E-state index in [-0.39, 0.29) is 11.6 Å². The van der Waals surface area contributed by atoms with Crippen LogP contribution < -0.4 is 5.32 Å². The Morgan fingerprint density at radius 3 is 0.846 bits per heavy atom. The lowest BCUT2D eigenvalue weighted by Crippen LogP contribution is -2.56. The average Bonchev–Trinajstić information content (AvgIpc) is 2.94. The van der Waals surface area contributed by atoms with Crippen LogP contribution >= 0.6 is 0 Å². The largest absolute Gasteiger partial charge is 0.302 e. The van der Waals surface area contributed by atoms with Crippen molar-refractivity contribution in [2.24, 2.45) is 0 Å². The fourth-order valence-corrected chi connectivity index (χ4v) is 6.04. The van der Waals surface area contributed by atoms with E-state index in [2.05, 4.69) is 19.2 Å². The number of carbonyl (C=O) groups is 2. The summed E-state index contributed by atoms with van der Waals surface area (Å²) in [6.07, 6.45) is 35.6. The number of carbonyl (C=O) groups excluding carboxylic acids is 2. The summed E-state index contributed by atoms with van der Waals surface area (Å²) in [7, 11) is 1.80. The van der Waals surface area contributed by atoms with E-state index in [9.17, 15) is 9.59 Å². The van der Waals surface area contributed by atoms with Crippen LogP contribution in [0.1, 0.15) is 207 Å². The molecule has 1 N–H and O–H groups in total. The predicted molar refractivity (Wildman–Crippen MR) is 173 cm³/mol. The van der Waals surface area contributed by atoms with Crippen molar-refractivity contribution in [3.05, 3.63) is 0 Å². The monoisotopic (exact) mass is 550 g/mol. The van der Waals surface area contributed by atoms with Gasteiger partial charge in [0.2, 0.25) is 0 Å². The summed E-state index contributed by atoms with van der Waals surface area (Å²) in [6.45, 7) is 6.54. The maximum absolute atomic E-state index is 13.1. The van der Waals surface area contributed by atoms with E-state index < -0.39 is 5.54 Å². The Morgan fingerprint density at radius 2 is 0.641 bits per heavy atom. The third kappa shape index (κ3) is 20.8. The van der Waals surface area contributed by atoms with Crippen LogP contribution in [-0.2, 0) is 9.59 Å². The molecule has 3 heteroatoms. The minimum absolute atomic E-state index is 0.121. The zero-order valence-corrected chi connectivity index (χ0v) is 27.3. The van der Waals surface area contributed by atoms with Crippen molar-refractivity contribution in [2.75, 3.05) is 7.05 Å². The number of ketones is 2. The van der Waals surface area contributed by atoms with Gasteiger partial charge >= 0.3 is 0 Å². The first-order valence-corrected chi connectivity index (χ1v) is 17.8. The van der Waals surface area contributed by atoms with Crippen molar-refractivity contribution in [1.82, 2.24) is 5.32 Å². The zero-order chi connectivity index (χ0) is 28.9. The molecule has 0 aromatic carbocycles. The lowest BCUT2D eigenvalue weighted by atomic mass is 9.81. The van der Waals surface area contributed by atoms with Crippen LogP contribution in [0.5, 0.6) is 0 Å². The van der Waals surface area contributed by atoms with Gasteiger partial charge in [-0.15, -0.1) is 0 Å². The molecule has 0 aliphatic rings. The van der Waals surface area contributed by atoms with Crippen molar-refractivity contribution in [3.8, 4) is 0 Å². The van der Waals surface area contributed by atoms with Crippen LogP contribution in [-0.4, -0.2) is 24.2 Å². The second-order valence-electron chi connectivity index (χ2n) is 12.3. The molecule has 0 spiro atoms. The van der Waals surface area contributed by atoms with Crippen LogP contribution in [0.25, 0.3) is 0 Å². The molecule has 0 atom stereocenters. The molecule has 0 aliphatic carbocycles. The van der Waals surface area contributed by atoms with E-state index in [0.29, 0.717) is 19.3 Å². The van der Waals surface area contributed by atoms with Gasteiger partial charge in [0.1, 0.15) is 5.54 Å². The van der Waals surface area contributed by atoms with Gasteiger partial charge in [0.25, 0.3) is 0 Å². The highest BCUT2D eigenvalue weighted by Gasteiger charge is 2.40. The maximum atomic E-state index is 13.1. The molecular formula is C36H71NO2. The maximum Gasteiger partial charge on any atom is 0.160 e. The number of likely N-dealkylation sites (N-methyl/N-ethyl adjacent to an activating group) is 1. The summed E-state index contributed by atoms with van der Waals surface area (Å²) in [4.78, 5) is 26.2. The Bertz CT molecular complexity index is 496. The van der Waals surface area contributed by atoms with Gasteiger partial charge in [-0.25, -0.2) is 0 Å². The molecule has 0 rings (SSSR count). The Labute approximate surface area is 245 Å². The second kappa shape index (κ2) is 28.8. The number of hydrogen-bond acceptors (Lipinski definition) is 3. The number of rotatable bonds is 32. The summed E-state index contributed by atoms with van der Waals surface area (Å²) in [5, 5.41) is 3.16. The van der Waals surface area contributed by atoms with Crippen molar-refractivity contribution in [1.29, 1.82) is 0 Å². The zero-order valence-electron chi connectivity index (χ0n) is 27.3. The molecule has 0 bridgehead atoms. The van der Waals surface area contributed by atoms with Crippen molar-refractivity contribution >= 4 is 11.6 Å². The highest BCUT2D eigenvalue weighted by Crippen LogP contribution is 2.22. The molecule has 0 radical (unpaired) electrons. The molecule has 0 amide bonds. The van der Waals surface area contributed by atoms with Crippen molar-refractivity contribution in [3.63, 3.8) is 0 Å². The smallest absolute Gasteiger partial charge is 0.160 e. The molecular weight excluding hydrogens is 478 g/mol. The van der Waals surface area contributed by atoms with Gasteiger partial charge in [0.15, 0.2) is 11.6 Å². The van der Waals surface area contributed by atoms with Gasteiger partial charge in [-0.05, 0) is 26.3 Å². The van der Waals surface area contributed by atoms with Crippen LogP contribution in [0.15, 0.2) is 0 Å². The van der Waals surface area contributed by atoms with E-state index in [1.165, 1.54) is 141 Å². The normalized spacial score (nSPS) is 11.8. The first-order valence-electron chi connectivity index (χ1n) is 17.8. The van der Waals surface area contributed by atoms with Crippen LogP contribution in [0, 0.1) is 0 Å². The Kier molecular flexibility index (Phi) is 28.3. The van der Waals surface area contributed by atoms with Gasteiger partial charge in [-0.1, -0.05) is 175 Å². The molecule has 0 saturated heterocycles.